The van der Waals surface area contributed by atoms with Crippen LogP contribution in [0.15, 0.2) is 0 Å². The molecule has 2 nitrogen and oxygen atoms in total. The largest absolute Gasteiger partial charge is 0.344 e. The second-order valence-electron chi connectivity index (χ2n) is 2.43. The topological polar surface area (TPSA) is 47.0 Å². The van der Waals surface area contributed by atoms with Crippen LogP contribution in [0.3, 0.4) is 0 Å². The highest BCUT2D eigenvalue weighted by atomic mass is 14.9. The number of piperidine rings is 1. The summed E-state index contributed by atoms with van der Waals surface area (Å²) >= 11 is 0. The van der Waals surface area contributed by atoms with Crippen molar-refractivity contribution in [1.29, 1.82) is 0 Å². The Labute approximate surface area is 51.2 Å². The van der Waals surface area contributed by atoms with Gasteiger partial charge in [-0.3, -0.25) is 0 Å². The Morgan fingerprint density at radius 1 is 1.25 bits per heavy atom. The van der Waals surface area contributed by atoms with Crippen LogP contribution in [0.4, 0.5) is 0 Å². The first-order valence-corrected chi connectivity index (χ1v) is 3.10. The van der Waals surface area contributed by atoms with Gasteiger partial charge in [0.2, 0.25) is 0 Å². The van der Waals surface area contributed by atoms with Crippen LogP contribution in [-0.2, 0) is 0 Å². The summed E-state index contributed by atoms with van der Waals surface area (Å²) in [5.74, 6) is 0.973. The Kier molecular flexibility index (Phi) is 3.83. The SMILES string of the molecule is CC1CCNCC1.N. The zero-order valence-electron chi connectivity index (χ0n) is 5.61. The molecule has 8 heavy (non-hydrogen) atoms. The van der Waals surface area contributed by atoms with E-state index in [1.165, 1.54) is 25.9 Å². The molecule has 0 aromatic carbocycles. The van der Waals surface area contributed by atoms with E-state index < -0.39 is 0 Å². The molecule has 0 bridgehead atoms. The molecule has 0 radical (unpaired) electrons. The normalized spacial score (nSPS) is 22.1. The lowest BCUT2D eigenvalue weighted by molar-refractivity contribution is 0.402. The van der Waals surface area contributed by atoms with E-state index in [1.807, 2.05) is 0 Å². The van der Waals surface area contributed by atoms with Crippen LogP contribution >= 0.6 is 0 Å². The summed E-state index contributed by atoms with van der Waals surface area (Å²) in [5.41, 5.74) is 0. The van der Waals surface area contributed by atoms with Crippen molar-refractivity contribution in [3.8, 4) is 0 Å². The van der Waals surface area contributed by atoms with Gasteiger partial charge in [0.15, 0.2) is 0 Å². The Balaban J connectivity index is 0.000000490. The van der Waals surface area contributed by atoms with Crippen LogP contribution in [0.5, 0.6) is 0 Å². The maximum atomic E-state index is 3.32. The number of hydrogen-bond acceptors (Lipinski definition) is 2. The molecule has 0 aromatic rings. The van der Waals surface area contributed by atoms with Crippen LogP contribution in [-0.4, -0.2) is 13.1 Å². The third-order valence-electron chi connectivity index (χ3n) is 1.63. The Morgan fingerprint density at radius 3 is 2.00 bits per heavy atom. The van der Waals surface area contributed by atoms with Gasteiger partial charge < -0.3 is 11.5 Å². The molecule has 1 saturated heterocycles. The fourth-order valence-corrected chi connectivity index (χ4v) is 0.966. The van der Waals surface area contributed by atoms with Crippen LogP contribution in [0.1, 0.15) is 19.8 Å². The molecule has 2 heteroatoms. The zero-order valence-corrected chi connectivity index (χ0v) is 5.61. The fraction of sp³-hybridized carbons (Fsp3) is 1.00. The molecule has 1 rings (SSSR count). The molecular formula is C6H16N2. The van der Waals surface area contributed by atoms with E-state index >= 15 is 0 Å². The summed E-state index contributed by atoms with van der Waals surface area (Å²) in [6.45, 7) is 4.79. The van der Waals surface area contributed by atoms with Gasteiger partial charge in [0.1, 0.15) is 0 Å². The molecule has 1 aliphatic heterocycles. The van der Waals surface area contributed by atoms with E-state index in [0.29, 0.717) is 0 Å². The first-order valence-electron chi connectivity index (χ1n) is 3.10. The molecular weight excluding hydrogens is 100 g/mol. The van der Waals surface area contributed by atoms with Crippen LogP contribution in [0.25, 0.3) is 0 Å². The van der Waals surface area contributed by atoms with E-state index in [2.05, 4.69) is 12.2 Å². The number of rotatable bonds is 0. The molecule has 4 N–H and O–H groups in total. The van der Waals surface area contributed by atoms with Gasteiger partial charge in [-0.1, -0.05) is 6.92 Å². The van der Waals surface area contributed by atoms with Crippen LogP contribution in [0.2, 0.25) is 0 Å². The predicted molar refractivity (Wildman–Crippen MR) is 36.3 cm³/mol. The van der Waals surface area contributed by atoms with E-state index in [1.54, 1.807) is 0 Å². The Hall–Kier alpha value is -0.0800. The Bertz CT molecular complexity index is 48.5. The summed E-state index contributed by atoms with van der Waals surface area (Å²) in [6.07, 6.45) is 2.75. The Morgan fingerprint density at radius 2 is 1.75 bits per heavy atom. The molecule has 0 unspecified atom stereocenters. The third kappa shape index (κ3) is 2.28. The van der Waals surface area contributed by atoms with Gasteiger partial charge in [0.05, 0.1) is 0 Å². The lowest BCUT2D eigenvalue weighted by Crippen LogP contribution is -2.26. The minimum absolute atomic E-state index is 0. The fourth-order valence-electron chi connectivity index (χ4n) is 0.966. The first-order chi connectivity index (χ1) is 3.39. The average molecular weight is 116 g/mol. The minimum Gasteiger partial charge on any atom is -0.344 e. The second-order valence-corrected chi connectivity index (χ2v) is 2.43. The lowest BCUT2D eigenvalue weighted by atomic mass is 10.0. The van der Waals surface area contributed by atoms with Crippen molar-refractivity contribution in [3.05, 3.63) is 0 Å². The molecule has 0 amide bonds. The van der Waals surface area contributed by atoms with Gasteiger partial charge in [0.25, 0.3) is 0 Å². The van der Waals surface area contributed by atoms with E-state index in [4.69, 9.17) is 0 Å². The highest BCUT2D eigenvalue weighted by Crippen LogP contribution is 2.08. The highest BCUT2D eigenvalue weighted by molar-refractivity contribution is 4.62. The van der Waals surface area contributed by atoms with Crippen LogP contribution in [0, 0.1) is 5.92 Å². The summed E-state index contributed by atoms with van der Waals surface area (Å²) in [4.78, 5) is 0. The van der Waals surface area contributed by atoms with Crippen molar-refractivity contribution in [1.82, 2.24) is 11.5 Å². The predicted octanol–water partition coefficient (Wildman–Crippen LogP) is 1.17. The molecule has 50 valence electrons. The molecule has 0 aliphatic carbocycles. The van der Waals surface area contributed by atoms with Crippen molar-refractivity contribution < 1.29 is 0 Å². The lowest BCUT2D eigenvalue weighted by Gasteiger charge is -2.17. The highest BCUT2D eigenvalue weighted by Gasteiger charge is 2.04. The van der Waals surface area contributed by atoms with Crippen molar-refractivity contribution in [3.63, 3.8) is 0 Å². The summed E-state index contributed by atoms with van der Waals surface area (Å²) in [7, 11) is 0. The van der Waals surface area contributed by atoms with Gasteiger partial charge in [-0.05, 0) is 31.8 Å². The molecule has 0 aromatic heterocycles. The number of nitrogens with one attached hydrogen (secondary N) is 1. The van der Waals surface area contributed by atoms with Gasteiger partial charge in [-0.25, -0.2) is 0 Å². The minimum atomic E-state index is 0. The molecule has 1 heterocycles. The third-order valence-corrected chi connectivity index (χ3v) is 1.63. The standard InChI is InChI=1S/C6H13N.H3N/c1-6-2-4-7-5-3-6;/h6-7H,2-5H2,1H3;1H3. The van der Waals surface area contributed by atoms with Gasteiger partial charge in [-0.2, -0.15) is 0 Å². The molecule has 0 atom stereocenters. The zero-order chi connectivity index (χ0) is 5.11. The quantitative estimate of drug-likeness (QED) is 0.499. The molecule has 1 fully saturated rings. The summed E-state index contributed by atoms with van der Waals surface area (Å²) in [6, 6.07) is 0. The smallest absolute Gasteiger partial charge is 0.00464 e. The van der Waals surface area contributed by atoms with Gasteiger partial charge in [0, 0.05) is 0 Å². The van der Waals surface area contributed by atoms with Crippen LogP contribution < -0.4 is 11.5 Å². The molecule has 0 spiro atoms. The van der Waals surface area contributed by atoms with Crippen molar-refractivity contribution >= 4 is 0 Å². The van der Waals surface area contributed by atoms with E-state index in [0.717, 1.165) is 5.92 Å². The average Bonchev–Trinajstić information content (AvgIpc) is 1.69. The van der Waals surface area contributed by atoms with E-state index in [9.17, 15) is 0 Å². The first kappa shape index (κ1) is 7.92. The number of hydrogen-bond donors (Lipinski definition) is 2. The van der Waals surface area contributed by atoms with Gasteiger partial charge >= 0.3 is 0 Å². The second kappa shape index (κ2) is 3.87. The monoisotopic (exact) mass is 116 g/mol. The maximum absolute atomic E-state index is 3.32. The van der Waals surface area contributed by atoms with E-state index in [-0.39, 0.29) is 6.15 Å². The van der Waals surface area contributed by atoms with Crippen molar-refractivity contribution in [2.24, 2.45) is 5.92 Å². The molecule has 0 saturated carbocycles. The molecule has 1 aliphatic rings. The maximum Gasteiger partial charge on any atom is -0.00464 e. The summed E-state index contributed by atoms with van der Waals surface area (Å²) < 4.78 is 0. The summed E-state index contributed by atoms with van der Waals surface area (Å²) in [5, 5.41) is 3.32. The van der Waals surface area contributed by atoms with Crippen molar-refractivity contribution in [2.75, 3.05) is 13.1 Å². The van der Waals surface area contributed by atoms with Crippen molar-refractivity contribution in [2.45, 2.75) is 19.8 Å². The van der Waals surface area contributed by atoms with Gasteiger partial charge in [-0.15, -0.1) is 0 Å².